The number of hydrogen-bond acceptors (Lipinski definition) is 5. The molecule has 0 aliphatic carbocycles. The predicted octanol–water partition coefficient (Wildman–Crippen LogP) is 16.5. The van der Waals surface area contributed by atoms with Crippen molar-refractivity contribution in [2.45, 2.75) is 200 Å². The van der Waals surface area contributed by atoms with E-state index in [-0.39, 0.29) is 31.6 Å². The zero-order valence-corrected chi connectivity index (χ0v) is 39.6. The number of ether oxygens (including phenoxy) is 2. The molecule has 0 rings (SSSR count). The van der Waals surface area contributed by atoms with Gasteiger partial charge in [-0.1, -0.05) is 212 Å². The number of unbranched alkanes of at least 4 members (excludes halogenated alkanes) is 13. The van der Waals surface area contributed by atoms with Gasteiger partial charge in [0.05, 0.1) is 6.61 Å². The van der Waals surface area contributed by atoms with Gasteiger partial charge >= 0.3 is 11.9 Å². The molecule has 5 heteroatoms. The van der Waals surface area contributed by atoms with Crippen molar-refractivity contribution in [3.63, 3.8) is 0 Å². The van der Waals surface area contributed by atoms with Crippen LogP contribution in [0.1, 0.15) is 194 Å². The fraction of sp³-hybridized carbons (Fsp3) is 0.579. The van der Waals surface area contributed by atoms with E-state index in [2.05, 4.69) is 148 Å². The molecule has 0 saturated heterocycles. The van der Waals surface area contributed by atoms with E-state index >= 15 is 0 Å². The monoisotopic (exact) mass is 855 g/mol. The number of carbonyl (C=O) groups excluding carboxylic acids is 2. The molecule has 348 valence electrons. The van der Waals surface area contributed by atoms with Crippen LogP contribution in [0.4, 0.5) is 0 Å². The van der Waals surface area contributed by atoms with Crippen LogP contribution in [0.5, 0.6) is 0 Å². The molecule has 1 N–H and O–H groups in total. The molecule has 0 bridgehead atoms. The SMILES string of the molecule is CC/C=C\C/C=C\C/C=C\C/C=C\C/C=C\C/C=C\C/C=C\CCCC(=O)OC(CO)COC(=O)CCCCCCCCCCCCCC/C=C\C/C=C\C/C=C\C/C=C\CC. The molecule has 0 aliphatic rings. The summed E-state index contributed by atoms with van der Waals surface area (Å²) in [5, 5.41) is 9.61. The topological polar surface area (TPSA) is 72.8 Å². The molecule has 5 nitrogen and oxygen atoms in total. The highest BCUT2D eigenvalue weighted by atomic mass is 16.6. The fourth-order valence-electron chi connectivity index (χ4n) is 6.30. The fourth-order valence-corrected chi connectivity index (χ4v) is 6.30. The molecule has 0 aromatic rings. The van der Waals surface area contributed by atoms with E-state index in [1.165, 1.54) is 64.2 Å². The molecule has 0 saturated carbocycles. The van der Waals surface area contributed by atoms with Crippen LogP contribution in [-0.4, -0.2) is 36.4 Å². The second kappa shape index (κ2) is 51.4. The summed E-state index contributed by atoms with van der Waals surface area (Å²) in [6, 6.07) is 0. The first-order valence-corrected chi connectivity index (χ1v) is 24.7. The Morgan fingerprint density at radius 3 is 1.02 bits per heavy atom. The first kappa shape index (κ1) is 58.0. The van der Waals surface area contributed by atoms with Crippen molar-refractivity contribution >= 4 is 11.9 Å². The summed E-state index contributed by atoms with van der Waals surface area (Å²) in [6.07, 6.45) is 76.8. The normalized spacial score (nSPS) is 13.4. The molecule has 1 atom stereocenters. The van der Waals surface area contributed by atoms with E-state index < -0.39 is 6.10 Å². The second-order valence-electron chi connectivity index (χ2n) is 15.8. The van der Waals surface area contributed by atoms with Gasteiger partial charge in [-0.15, -0.1) is 0 Å². The van der Waals surface area contributed by atoms with Crippen LogP contribution in [0.2, 0.25) is 0 Å². The van der Waals surface area contributed by atoms with Crippen molar-refractivity contribution < 1.29 is 24.2 Å². The van der Waals surface area contributed by atoms with Gasteiger partial charge < -0.3 is 14.6 Å². The largest absolute Gasteiger partial charge is 0.462 e. The molecule has 62 heavy (non-hydrogen) atoms. The molecule has 0 aliphatic heterocycles. The Hall–Kier alpha value is -3.96. The van der Waals surface area contributed by atoms with Gasteiger partial charge in [0.1, 0.15) is 6.61 Å². The van der Waals surface area contributed by atoms with Gasteiger partial charge in [0, 0.05) is 12.8 Å². The Morgan fingerprint density at radius 1 is 0.371 bits per heavy atom. The lowest BCUT2D eigenvalue weighted by Gasteiger charge is -2.15. The minimum Gasteiger partial charge on any atom is -0.462 e. The van der Waals surface area contributed by atoms with E-state index in [1.807, 2.05) is 0 Å². The van der Waals surface area contributed by atoms with Crippen LogP contribution in [0, 0.1) is 0 Å². The van der Waals surface area contributed by atoms with Crippen LogP contribution in [0.15, 0.2) is 134 Å². The number of carbonyl (C=O) groups is 2. The number of allylic oxidation sites excluding steroid dienone is 22. The summed E-state index contributed by atoms with van der Waals surface area (Å²) in [5.74, 6) is -0.672. The second-order valence-corrected chi connectivity index (χ2v) is 15.8. The molecule has 0 radical (unpaired) electrons. The smallest absolute Gasteiger partial charge is 0.306 e. The maximum atomic E-state index is 12.2. The zero-order chi connectivity index (χ0) is 44.9. The maximum absolute atomic E-state index is 12.2. The van der Waals surface area contributed by atoms with E-state index in [4.69, 9.17) is 9.47 Å². The van der Waals surface area contributed by atoms with Gasteiger partial charge in [-0.05, 0) is 103 Å². The minimum absolute atomic E-state index is 0.0990. The summed E-state index contributed by atoms with van der Waals surface area (Å²) >= 11 is 0. The Bertz CT molecular complexity index is 1330. The molecule has 0 aromatic heterocycles. The highest BCUT2D eigenvalue weighted by molar-refractivity contribution is 5.70. The highest BCUT2D eigenvalue weighted by Crippen LogP contribution is 2.14. The molecule has 0 amide bonds. The van der Waals surface area contributed by atoms with Gasteiger partial charge in [0.2, 0.25) is 0 Å². The summed E-state index contributed by atoms with van der Waals surface area (Å²) in [5.41, 5.74) is 0. The number of rotatable bonds is 43. The standard InChI is InChI=1S/C57H90O5/c1-3-5-7-9-11-13-15-17-19-21-23-25-27-28-30-31-33-35-37-39-41-43-45-47-49-51-56(59)61-54-55(53-58)62-57(60)52-50-48-46-44-42-40-38-36-34-32-29-26-24-22-20-18-16-14-12-10-8-6-4-2/h5-8,11-14,17-20,23-26,32,34,38,40,44,46,55,58H,3-4,9-10,15-16,21-22,27-31,33,35-37,39,41-43,45,47-54H2,1-2H3/b7-5-,8-6-,13-11-,14-12-,19-17-,20-18-,25-23-,26-24-,34-32-,40-38-,46-44-. The third-order valence-corrected chi connectivity index (χ3v) is 9.94. The number of aliphatic hydroxyl groups excluding tert-OH is 1. The molecule has 0 spiro atoms. The van der Waals surface area contributed by atoms with E-state index in [9.17, 15) is 14.7 Å². The number of hydrogen-bond donors (Lipinski definition) is 1. The summed E-state index contributed by atoms with van der Waals surface area (Å²) in [7, 11) is 0. The van der Waals surface area contributed by atoms with Crippen molar-refractivity contribution in [3.8, 4) is 0 Å². The zero-order valence-electron chi connectivity index (χ0n) is 39.6. The van der Waals surface area contributed by atoms with Crippen LogP contribution >= 0.6 is 0 Å². The molecule has 0 heterocycles. The lowest BCUT2D eigenvalue weighted by molar-refractivity contribution is -0.161. The highest BCUT2D eigenvalue weighted by Gasteiger charge is 2.16. The predicted molar refractivity (Wildman–Crippen MR) is 269 cm³/mol. The van der Waals surface area contributed by atoms with E-state index in [0.717, 1.165) is 96.3 Å². The van der Waals surface area contributed by atoms with Crippen molar-refractivity contribution in [3.05, 3.63) is 134 Å². The maximum Gasteiger partial charge on any atom is 0.306 e. The van der Waals surface area contributed by atoms with Crippen molar-refractivity contribution in [2.75, 3.05) is 13.2 Å². The van der Waals surface area contributed by atoms with Crippen molar-refractivity contribution in [1.82, 2.24) is 0 Å². The first-order chi connectivity index (χ1) is 30.6. The molecular weight excluding hydrogens is 765 g/mol. The van der Waals surface area contributed by atoms with Gasteiger partial charge in [-0.2, -0.15) is 0 Å². The minimum atomic E-state index is -0.814. The molecule has 0 aromatic carbocycles. The summed E-state index contributed by atoms with van der Waals surface area (Å²) in [4.78, 5) is 24.4. The van der Waals surface area contributed by atoms with Crippen LogP contribution in [0.3, 0.4) is 0 Å². The Morgan fingerprint density at radius 2 is 0.661 bits per heavy atom. The third kappa shape index (κ3) is 48.7. The molecule has 0 fully saturated rings. The molecule has 1 unspecified atom stereocenters. The average Bonchev–Trinajstić information content (AvgIpc) is 3.28. The number of esters is 2. The Balaban J connectivity index is 3.65. The third-order valence-electron chi connectivity index (χ3n) is 9.94. The van der Waals surface area contributed by atoms with Crippen LogP contribution < -0.4 is 0 Å². The Kier molecular flexibility index (Phi) is 48.1. The number of aliphatic hydroxyl groups is 1. The van der Waals surface area contributed by atoms with Crippen molar-refractivity contribution in [2.24, 2.45) is 0 Å². The van der Waals surface area contributed by atoms with Gasteiger partial charge in [-0.25, -0.2) is 0 Å². The first-order valence-electron chi connectivity index (χ1n) is 24.7. The van der Waals surface area contributed by atoms with Crippen LogP contribution in [0.25, 0.3) is 0 Å². The van der Waals surface area contributed by atoms with Crippen LogP contribution in [-0.2, 0) is 19.1 Å². The Labute approximate surface area is 381 Å². The average molecular weight is 855 g/mol. The van der Waals surface area contributed by atoms with Crippen molar-refractivity contribution in [1.29, 1.82) is 0 Å². The quantitative estimate of drug-likeness (QED) is 0.0376. The van der Waals surface area contributed by atoms with E-state index in [0.29, 0.717) is 12.8 Å². The van der Waals surface area contributed by atoms with Gasteiger partial charge in [-0.3, -0.25) is 9.59 Å². The van der Waals surface area contributed by atoms with Gasteiger partial charge in [0.15, 0.2) is 6.10 Å². The van der Waals surface area contributed by atoms with E-state index in [1.54, 1.807) is 0 Å². The summed E-state index contributed by atoms with van der Waals surface area (Å²) in [6.45, 7) is 3.86. The lowest BCUT2D eigenvalue weighted by Crippen LogP contribution is -2.28. The molecular formula is C57H90O5. The summed E-state index contributed by atoms with van der Waals surface area (Å²) < 4.78 is 10.6. The lowest BCUT2D eigenvalue weighted by atomic mass is 10.0. The van der Waals surface area contributed by atoms with Gasteiger partial charge in [0.25, 0.3) is 0 Å².